The first-order valence-electron chi connectivity index (χ1n) is 13.7. The minimum atomic E-state index is -0.223. The second-order valence-corrected chi connectivity index (χ2v) is 11.5. The molecule has 5 rings (SSSR count). The number of hydrogen-bond acceptors (Lipinski definition) is 5. The molecule has 1 aliphatic heterocycles. The average Bonchev–Trinajstić information content (AvgIpc) is 2.87. The summed E-state index contributed by atoms with van der Waals surface area (Å²) < 4.78 is 6.98. The maximum absolute atomic E-state index is 13.8. The van der Waals surface area contributed by atoms with Gasteiger partial charge in [-0.05, 0) is 81.2 Å². The van der Waals surface area contributed by atoms with Crippen LogP contribution in [0.4, 0.5) is 0 Å². The fourth-order valence-corrected chi connectivity index (χ4v) is 6.04. The summed E-state index contributed by atoms with van der Waals surface area (Å²) in [7, 11) is 1.81. The van der Waals surface area contributed by atoms with Gasteiger partial charge in [0.1, 0.15) is 12.4 Å². The largest absolute Gasteiger partial charge is 0.381 e. The highest BCUT2D eigenvalue weighted by molar-refractivity contribution is 6.30. The molecule has 7 nitrogen and oxygen atoms in total. The van der Waals surface area contributed by atoms with Crippen LogP contribution in [-0.4, -0.2) is 59.2 Å². The monoisotopic (exact) mass is 536 g/mol. The Hall–Kier alpha value is -2.74. The number of fused-ring (bicyclic) bond motifs is 1. The van der Waals surface area contributed by atoms with Crippen LogP contribution in [0, 0.1) is 5.92 Å². The van der Waals surface area contributed by atoms with Gasteiger partial charge in [-0.25, -0.2) is 4.98 Å². The van der Waals surface area contributed by atoms with Crippen LogP contribution in [0.3, 0.4) is 0 Å². The van der Waals surface area contributed by atoms with Crippen molar-refractivity contribution in [1.82, 2.24) is 19.8 Å². The summed E-state index contributed by atoms with van der Waals surface area (Å²) in [6.45, 7) is 7.06. The summed E-state index contributed by atoms with van der Waals surface area (Å²) in [6.07, 6.45) is 4.90. The molecule has 2 heterocycles. The molecule has 202 valence electrons. The Morgan fingerprint density at radius 3 is 2.61 bits per heavy atom. The van der Waals surface area contributed by atoms with Gasteiger partial charge in [0, 0.05) is 43.4 Å². The number of benzene rings is 2. The molecule has 8 heteroatoms. The van der Waals surface area contributed by atoms with E-state index in [1.165, 1.54) is 10.1 Å². The molecule has 1 saturated heterocycles. The van der Waals surface area contributed by atoms with Gasteiger partial charge in [-0.2, -0.15) is 0 Å². The van der Waals surface area contributed by atoms with Gasteiger partial charge in [0.15, 0.2) is 0 Å². The SMILES string of the molecule is COC1CCN(C[C@H]2C[C@H](c3ccc4nc(-c5cccc(Cl)c5)n(CC(=O)NC(C)C)c(=O)c4c3)C2)CC1. The van der Waals surface area contributed by atoms with Crippen molar-refractivity contribution in [1.29, 1.82) is 0 Å². The van der Waals surface area contributed by atoms with E-state index in [0.29, 0.717) is 45.3 Å². The van der Waals surface area contributed by atoms with Crippen molar-refractivity contribution in [3.8, 4) is 11.4 Å². The van der Waals surface area contributed by atoms with E-state index in [1.54, 1.807) is 12.1 Å². The van der Waals surface area contributed by atoms with E-state index >= 15 is 0 Å². The zero-order valence-electron chi connectivity index (χ0n) is 22.5. The molecular weight excluding hydrogens is 500 g/mol. The van der Waals surface area contributed by atoms with Gasteiger partial charge < -0.3 is 15.0 Å². The summed E-state index contributed by atoms with van der Waals surface area (Å²) >= 11 is 6.24. The van der Waals surface area contributed by atoms with Crippen LogP contribution in [0.2, 0.25) is 5.02 Å². The summed E-state index contributed by atoms with van der Waals surface area (Å²) in [4.78, 5) is 33.9. The smallest absolute Gasteiger partial charge is 0.262 e. The lowest BCUT2D eigenvalue weighted by atomic mass is 9.71. The van der Waals surface area contributed by atoms with Gasteiger partial charge in [-0.3, -0.25) is 14.2 Å². The number of methoxy groups -OCH3 is 1. The summed E-state index contributed by atoms with van der Waals surface area (Å²) in [5, 5.41) is 3.99. The quantitative estimate of drug-likeness (QED) is 0.445. The first-order chi connectivity index (χ1) is 18.3. The number of amides is 1. The minimum absolute atomic E-state index is 0.0225. The standard InChI is InChI=1S/C30H37ClN4O3/c1-19(2)32-28(36)18-35-29(22-5-4-6-24(31)15-22)33-27-8-7-21(16-26(27)30(35)37)23-13-20(14-23)17-34-11-9-25(38-3)10-12-34/h4-8,15-16,19-20,23,25H,9-14,17-18H2,1-3H3,(H,32,36)/t20-,23-. The van der Waals surface area contributed by atoms with Crippen molar-refractivity contribution in [3.63, 3.8) is 0 Å². The van der Waals surface area contributed by atoms with Crippen LogP contribution in [0.25, 0.3) is 22.3 Å². The highest BCUT2D eigenvalue weighted by atomic mass is 35.5. The van der Waals surface area contributed by atoms with Crippen molar-refractivity contribution >= 4 is 28.4 Å². The molecule has 0 atom stereocenters. The van der Waals surface area contributed by atoms with Gasteiger partial charge in [-0.15, -0.1) is 0 Å². The van der Waals surface area contributed by atoms with Gasteiger partial charge in [0.05, 0.1) is 17.0 Å². The third-order valence-electron chi connectivity index (χ3n) is 7.90. The Kier molecular flexibility index (Phi) is 8.17. The first-order valence-corrected chi connectivity index (χ1v) is 14.0. The number of nitrogens with zero attached hydrogens (tertiary/aromatic N) is 3. The van der Waals surface area contributed by atoms with E-state index in [9.17, 15) is 9.59 Å². The van der Waals surface area contributed by atoms with Crippen molar-refractivity contribution in [2.24, 2.45) is 5.92 Å². The number of carbonyl (C=O) groups is 1. The number of halogens is 1. The van der Waals surface area contributed by atoms with Crippen LogP contribution >= 0.6 is 11.6 Å². The number of rotatable bonds is 8. The number of hydrogen-bond donors (Lipinski definition) is 1. The molecule has 2 aromatic carbocycles. The Morgan fingerprint density at radius 1 is 1.16 bits per heavy atom. The first kappa shape index (κ1) is 26.9. The predicted octanol–water partition coefficient (Wildman–Crippen LogP) is 4.85. The highest BCUT2D eigenvalue weighted by Gasteiger charge is 2.33. The number of carbonyl (C=O) groups excluding carboxylic acids is 1. The van der Waals surface area contributed by atoms with Gasteiger partial charge in [-0.1, -0.05) is 29.8 Å². The van der Waals surface area contributed by atoms with Crippen LogP contribution in [0.15, 0.2) is 47.3 Å². The molecule has 1 aliphatic carbocycles. The molecule has 1 N–H and O–H groups in total. The van der Waals surface area contributed by atoms with Crippen LogP contribution in [0.5, 0.6) is 0 Å². The molecule has 0 spiro atoms. The van der Waals surface area contributed by atoms with Gasteiger partial charge in [0.25, 0.3) is 5.56 Å². The van der Waals surface area contributed by atoms with Crippen molar-refractivity contribution in [2.75, 3.05) is 26.7 Å². The van der Waals surface area contributed by atoms with Crippen LogP contribution in [0.1, 0.15) is 51.0 Å². The molecule has 0 bridgehead atoms. The predicted molar refractivity (Wildman–Crippen MR) is 152 cm³/mol. The molecule has 0 radical (unpaired) electrons. The molecule has 1 aromatic heterocycles. The molecule has 0 unspecified atom stereocenters. The van der Waals surface area contributed by atoms with E-state index in [0.717, 1.165) is 45.3 Å². The third kappa shape index (κ3) is 5.95. The maximum atomic E-state index is 13.8. The minimum Gasteiger partial charge on any atom is -0.381 e. The lowest BCUT2D eigenvalue weighted by molar-refractivity contribution is -0.122. The Bertz CT molecular complexity index is 1360. The van der Waals surface area contributed by atoms with Crippen molar-refractivity contribution in [2.45, 2.75) is 64.1 Å². The molecule has 3 aromatic rings. The van der Waals surface area contributed by atoms with E-state index < -0.39 is 0 Å². The van der Waals surface area contributed by atoms with Gasteiger partial charge >= 0.3 is 0 Å². The van der Waals surface area contributed by atoms with Gasteiger partial charge in [0.2, 0.25) is 5.91 Å². The summed E-state index contributed by atoms with van der Waals surface area (Å²) in [5.41, 5.74) is 2.31. The Balaban J connectivity index is 1.38. The molecule has 2 fully saturated rings. The second kappa shape index (κ2) is 11.6. The summed E-state index contributed by atoms with van der Waals surface area (Å²) in [5.74, 6) is 1.36. The molecular formula is C30H37ClN4O3. The molecule has 1 saturated carbocycles. The molecule has 38 heavy (non-hydrogen) atoms. The maximum Gasteiger partial charge on any atom is 0.262 e. The normalized spacial score (nSPS) is 20.6. The fourth-order valence-electron chi connectivity index (χ4n) is 5.85. The number of likely N-dealkylation sites (tertiary alicyclic amines) is 1. The highest BCUT2D eigenvalue weighted by Crippen LogP contribution is 2.42. The van der Waals surface area contributed by atoms with E-state index in [4.69, 9.17) is 21.3 Å². The lowest BCUT2D eigenvalue weighted by Gasteiger charge is -2.41. The average molecular weight is 537 g/mol. The Labute approximate surface area is 229 Å². The van der Waals surface area contributed by atoms with Crippen LogP contribution < -0.4 is 10.9 Å². The zero-order chi connectivity index (χ0) is 26.8. The van der Waals surface area contributed by atoms with E-state index in [1.807, 2.05) is 45.2 Å². The lowest BCUT2D eigenvalue weighted by Crippen LogP contribution is -2.41. The van der Waals surface area contributed by atoms with Crippen molar-refractivity contribution < 1.29 is 9.53 Å². The Morgan fingerprint density at radius 2 is 1.92 bits per heavy atom. The number of nitrogens with one attached hydrogen (secondary N) is 1. The molecule has 2 aliphatic rings. The van der Waals surface area contributed by atoms with Crippen molar-refractivity contribution in [3.05, 3.63) is 63.4 Å². The fraction of sp³-hybridized carbons (Fsp3) is 0.500. The van der Waals surface area contributed by atoms with E-state index in [2.05, 4.69) is 16.3 Å². The number of piperidine rings is 1. The van der Waals surface area contributed by atoms with E-state index in [-0.39, 0.29) is 24.1 Å². The third-order valence-corrected chi connectivity index (χ3v) is 8.14. The second-order valence-electron chi connectivity index (χ2n) is 11.1. The van der Waals surface area contributed by atoms with Crippen LogP contribution in [-0.2, 0) is 16.1 Å². The topological polar surface area (TPSA) is 76.5 Å². The zero-order valence-corrected chi connectivity index (χ0v) is 23.2. The summed E-state index contributed by atoms with van der Waals surface area (Å²) in [6, 6.07) is 13.3. The molecule has 1 amide bonds. The number of ether oxygens (including phenoxy) is 1. The number of aromatic nitrogens is 2.